The maximum Gasteiger partial charge on any atom is 0.573 e. The van der Waals surface area contributed by atoms with Gasteiger partial charge in [0.1, 0.15) is 17.7 Å². The van der Waals surface area contributed by atoms with E-state index in [1.807, 2.05) is 0 Å². The Morgan fingerprint density at radius 2 is 1.88 bits per heavy atom. The number of halogens is 3. The number of nitrogens with one attached hydrogen (secondary N) is 1. The molecular formula is C21H25F3N2O5S. The van der Waals surface area contributed by atoms with Crippen LogP contribution in [-0.2, 0) is 10.0 Å². The van der Waals surface area contributed by atoms with E-state index in [9.17, 15) is 26.7 Å². The quantitative estimate of drug-likeness (QED) is 0.524. The molecule has 1 aliphatic rings. The van der Waals surface area contributed by atoms with Crippen LogP contribution >= 0.6 is 0 Å². The molecule has 0 spiro atoms. The smallest absolute Gasteiger partial charge is 0.496 e. The predicted octanol–water partition coefficient (Wildman–Crippen LogP) is 3.95. The monoisotopic (exact) mass is 474 g/mol. The van der Waals surface area contributed by atoms with Crippen LogP contribution in [0.3, 0.4) is 0 Å². The van der Waals surface area contributed by atoms with Gasteiger partial charge in [0.05, 0.1) is 12.0 Å². The Labute approximate surface area is 184 Å². The number of methoxy groups -OCH3 is 1. The third-order valence-electron chi connectivity index (χ3n) is 5.54. The van der Waals surface area contributed by atoms with Crippen LogP contribution in [0.4, 0.5) is 18.9 Å². The zero-order valence-corrected chi connectivity index (χ0v) is 18.1. The molecule has 1 aliphatic carbocycles. The van der Waals surface area contributed by atoms with E-state index in [4.69, 9.17) is 9.88 Å². The molecule has 3 atom stereocenters. The molecule has 7 nitrogen and oxygen atoms in total. The van der Waals surface area contributed by atoms with Crippen LogP contribution in [0.5, 0.6) is 11.5 Å². The Balaban J connectivity index is 1.84. The first-order valence-electron chi connectivity index (χ1n) is 9.99. The first-order chi connectivity index (χ1) is 15.0. The second-order valence-corrected chi connectivity index (χ2v) is 9.23. The molecule has 0 radical (unpaired) electrons. The molecule has 2 aromatic carbocycles. The van der Waals surface area contributed by atoms with E-state index in [1.54, 1.807) is 6.07 Å². The fraction of sp³-hybridized carbons (Fsp3) is 0.429. The number of ether oxygens (including phenoxy) is 2. The number of hydrogen-bond acceptors (Lipinski definition) is 6. The first-order valence-corrected chi connectivity index (χ1v) is 11.5. The van der Waals surface area contributed by atoms with Gasteiger partial charge in [0.15, 0.2) is 0 Å². The highest BCUT2D eigenvalue weighted by atomic mass is 32.2. The molecule has 3 rings (SSSR count). The molecular weight excluding hydrogens is 449 g/mol. The van der Waals surface area contributed by atoms with Crippen LogP contribution in [0.15, 0.2) is 47.4 Å². The van der Waals surface area contributed by atoms with E-state index in [0.717, 1.165) is 12.8 Å². The number of nitrogens with two attached hydrogens (primary N) is 1. The Hall–Kier alpha value is -2.50. The minimum atomic E-state index is -4.81. The molecule has 0 amide bonds. The fourth-order valence-corrected chi connectivity index (χ4v) is 4.72. The minimum absolute atomic E-state index is 0.0863. The summed E-state index contributed by atoms with van der Waals surface area (Å²) in [6, 6.07) is 9.74. The zero-order chi connectivity index (χ0) is 23.5. The SMILES string of the molecule is COc1cc(OC(F)(F)F)ccc1[C@@H]1CCCCC1C(O)Nc1cccc(S(N)(=O)=O)c1. The molecule has 0 saturated heterocycles. The highest BCUT2D eigenvalue weighted by Gasteiger charge is 2.35. The van der Waals surface area contributed by atoms with Crippen molar-refractivity contribution in [1.82, 2.24) is 0 Å². The number of rotatable bonds is 7. The summed E-state index contributed by atoms with van der Waals surface area (Å²) in [7, 11) is -2.53. The molecule has 2 aromatic rings. The van der Waals surface area contributed by atoms with Gasteiger partial charge in [0, 0.05) is 17.7 Å². The van der Waals surface area contributed by atoms with E-state index in [1.165, 1.54) is 43.5 Å². The van der Waals surface area contributed by atoms with E-state index >= 15 is 0 Å². The van der Waals surface area contributed by atoms with Crippen LogP contribution in [-0.4, -0.2) is 33.2 Å². The summed E-state index contributed by atoms with van der Waals surface area (Å²) in [5.74, 6) is -0.622. The van der Waals surface area contributed by atoms with E-state index in [0.29, 0.717) is 24.1 Å². The number of benzene rings is 2. The average molecular weight is 475 g/mol. The van der Waals surface area contributed by atoms with Crippen molar-refractivity contribution < 1.29 is 36.2 Å². The van der Waals surface area contributed by atoms with Crippen LogP contribution in [0.25, 0.3) is 0 Å². The first kappa shape index (κ1) is 24.1. The average Bonchev–Trinajstić information content (AvgIpc) is 2.72. The molecule has 0 bridgehead atoms. The van der Waals surface area contributed by atoms with Crippen molar-refractivity contribution in [2.75, 3.05) is 12.4 Å². The number of primary sulfonamides is 1. The van der Waals surface area contributed by atoms with E-state index in [-0.39, 0.29) is 28.2 Å². The lowest BCUT2D eigenvalue weighted by atomic mass is 9.74. The van der Waals surface area contributed by atoms with Gasteiger partial charge in [-0.3, -0.25) is 0 Å². The van der Waals surface area contributed by atoms with E-state index in [2.05, 4.69) is 10.1 Å². The molecule has 1 fully saturated rings. The van der Waals surface area contributed by atoms with Crippen molar-refractivity contribution in [1.29, 1.82) is 0 Å². The van der Waals surface area contributed by atoms with Crippen molar-refractivity contribution >= 4 is 15.7 Å². The standard InChI is InChI=1S/C21H25F3N2O5S/c1-30-19-12-14(31-21(22,23)24)9-10-17(19)16-7-2-3-8-18(16)20(27)26-13-5-4-6-15(11-13)32(25,28)29/h4-6,9-12,16,18,20,26-27H,2-3,7-8H2,1H3,(H2,25,28,29)/t16-,18?,20?/m0/s1. The number of anilines is 1. The Morgan fingerprint density at radius 1 is 1.16 bits per heavy atom. The van der Waals surface area contributed by atoms with Crippen molar-refractivity contribution in [2.45, 2.75) is 49.1 Å². The van der Waals surface area contributed by atoms with Crippen molar-refractivity contribution in [3.63, 3.8) is 0 Å². The van der Waals surface area contributed by atoms with Crippen LogP contribution in [0, 0.1) is 5.92 Å². The normalized spacial score (nSPS) is 20.4. The largest absolute Gasteiger partial charge is 0.573 e. The van der Waals surface area contributed by atoms with Gasteiger partial charge in [-0.05, 0) is 48.6 Å². The summed E-state index contributed by atoms with van der Waals surface area (Å²) in [5.41, 5.74) is 1.06. The molecule has 0 aliphatic heterocycles. The summed E-state index contributed by atoms with van der Waals surface area (Å²) in [4.78, 5) is -0.0863. The van der Waals surface area contributed by atoms with Crippen LogP contribution in [0.1, 0.15) is 37.2 Å². The van der Waals surface area contributed by atoms with Crippen LogP contribution in [0.2, 0.25) is 0 Å². The van der Waals surface area contributed by atoms with Gasteiger partial charge in [-0.1, -0.05) is 25.0 Å². The highest BCUT2D eigenvalue weighted by molar-refractivity contribution is 7.89. The molecule has 2 unspecified atom stereocenters. The molecule has 32 heavy (non-hydrogen) atoms. The lowest BCUT2D eigenvalue weighted by Gasteiger charge is -2.36. The van der Waals surface area contributed by atoms with Gasteiger partial charge < -0.3 is 19.9 Å². The summed E-state index contributed by atoms with van der Waals surface area (Å²) in [6.07, 6.45) is -2.72. The van der Waals surface area contributed by atoms with Crippen molar-refractivity contribution in [3.8, 4) is 11.5 Å². The van der Waals surface area contributed by atoms with Crippen molar-refractivity contribution in [3.05, 3.63) is 48.0 Å². The van der Waals surface area contributed by atoms with Gasteiger partial charge in [0.25, 0.3) is 0 Å². The third kappa shape index (κ3) is 6.05. The fourth-order valence-electron chi connectivity index (χ4n) is 4.16. The Kier molecular flexibility index (Phi) is 7.21. The van der Waals surface area contributed by atoms with Gasteiger partial charge in [0.2, 0.25) is 10.0 Å². The number of sulfonamides is 1. The Morgan fingerprint density at radius 3 is 2.53 bits per heavy atom. The Bertz CT molecular complexity index is 1050. The number of alkyl halides is 3. The van der Waals surface area contributed by atoms with Gasteiger partial charge in [-0.25, -0.2) is 13.6 Å². The lowest BCUT2D eigenvalue weighted by Crippen LogP contribution is -2.35. The topological polar surface area (TPSA) is 111 Å². The lowest BCUT2D eigenvalue weighted by molar-refractivity contribution is -0.274. The third-order valence-corrected chi connectivity index (χ3v) is 6.45. The number of aliphatic hydroxyl groups excluding tert-OH is 1. The molecule has 176 valence electrons. The van der Waals surface area contributed by atoms with Gasteiger partial charge >= 0.3 is 6.36 Å². The van der Waals surface area contributed by atoms with Gasteiger partial charge in [-0.15, -0.1) is 13.2 Å². The summed E-state index contributed by atoms with van der Waals surface area (Å²) < 4.78 is 70.2. The molecule has 4 N–H and O–H groups in total. The maximum absolute atomic E-state index is 12.6. The van der Waals surface area contributed by atoms with E-state index < -0.39 is 22.6 Å². The molecule has 11 heteroatoms. The predicted molar refractivity (Wildman–Crippen MR) is 112 cm³/mol. The van der Waals surface area contributed by atoms with Crippen molar-refractivity contribution in [2.24, 2.45) is 11.1 Å². The molecule has 1 saturated carbocycles. The number of hydrogen-bond donors (Lipinski definition) is 3. The second-order valence-electron chi connectivity index (χ2n) is 7.67. The maximum atomic E-state index is 12.6. The number of aliphatic hydroxyl groups is 1. The summed E-state index contributed by atoms with van der Waals surface area (Å²) in [5, 5.41) is 19.0. The summed E-state index contributed by atoms with van der Waals surface area (Å²) >= 11 is 0. The second kappa shape index (κ2) is 9.55. The minimum Gasteiger partial charge on any atom is -0.496 e. The molecule has 0 heterocycles. The highest BCUT2D eigenvalue weighted by Crippen LogP contribution is 2.44. The van der Waals surface area contributed by atoms with Crippen LogP contribution < -0.4 is 19.9 Å². The van der Waals surface area contributed by atoms with Gasteiger partial charge in [-0.2, -0.15) is 0 Å². The summed E-state index contributed by atoms with van der Waals surface area (Å²) in [6.45, 7) is 0. The molecule has 0 aromatic heterocycles. The zero-order valence-electron chi connectivity index (χ0n) is 17.3.